The van der Waals surface area contributed by atoms with Gasteiger partial charge in [0.05, 0.1) is 6.04 Å². The first-order valence-corrected chi connectivity index (χ1v) is 7.09. The molecule has 19 heavy (non-hydrogen) atoms. The number of hydrogen-bond acceptors (Lipinski definition) is 3. The molecule has 3 heteroatoms. The summed E-state index contributed by atoms with van der Waals surface area (Å²) in [4.78, 5) is 12.0. The van der Waals surface area contributed by atoms with Crippen LogP contribution >= 0.6 is 0 Å². The van der Waals surface area contributed by atoms with Crippen LogP contribution in [0.15, 0.2) is 24.3 Å². The number of likely N-dealkylation sites (N-methyl/N-ethyl adjacent to an activating group) is 1. The zero-order chi connectivity index (χ0) is 14.8. The monoisotopic (exact) mass is 265 g/mol. The second-order valence-corrected chi connectivity index (χ2v) is 4.54. The topological polar surface area (TPSA) is 49.3 Å². The average molecular weight is 265 g/mol. The first-order chi connectivity index (χ1) is 9.04. The molecule has 0 bridgehead atoms. The molecule has 2 N–H and O–H groups in total. The molecule has 1 rings (SSSR count). The van der Waals surface area contributed by atoms with Crippen LogP contribution in [0.3, 0.4) is 0 Å². The minimum absolute atomic E-state index is 0.0381. The zero-order valence-corrected chi connectivity index (χ0v) is 12.7. The highest BCUT2D eigenvalue weighted by Crippen LogP contribution is 2.13. The molecule has 108 valence electrons. The van der Waals surface area contributed by atoms with Crippen molar-refractivity contribution in [3.05, 3.63) is 29.8 Å². The summed E-state index contributed by atoms with van der Waals surface area (Å²) in [5.41, 5.74) is 1.06. The van der Waals surface area contributed by atoms with Gasteiger partial charge in [-0.05, 0) is 30.7 Å². The zero-order valence-electron chi connectivity index (χ0n) is 12.7. The van der Waals surface area contributed by atoms with E-state index in [1.807, 2.05) is 46.8 Å². The third-order valence-corrected chi connectivity index (χ3v) is 2.74. The Kier molecular flexibility index (Phi) is 8.88. The predicted molar refractivity (Wildman–Crippen MR) is 80.5 cm³/mol. The van der Waals surface area contributed by atoms with E-state index in [4.69, 9.17) is 0 Å². The summed E-state index contributed by atoms with van der Waals surface area (Å²) in [6.45, 7) is 10.6. The molecule has 0 saturated carbocycles. The molecule has 0 heterocycles. The Hall–Kier alpha value is -1.35. The molecule has 0 amide bonds. The fraction of sp³-hybridized carbons (Fsp3) is 0.562. The van der Waals surface area contributed by atoms with Crippen molar-refractivity contribution in [3.63, 3.8) is 0 Å². The van der Waals surface area contributed by atoms with Crippen LogP contribution < -0.4 is 5.32 Å². The number of carbonyl (C=O) groups is 1. The van der Waals surface area contributed by atoms with Gasteiger partial charge in [-0.3, -0.25) is 4.79 Å². The van der Waals surface area contributed by atoms with E-state index in [9.17, 15) is 9.90 Å². The fourth-order valence-electron chi connectivity index (χ4n) is 1.79. The van der Waals surface area contributed by atoms with Gasteiger partial charge in [0.1, 0.15) is 5.75 Å². The quantitative estimate of drug-likeness (QED) is 0.830. The molecule has 0 radical (unpaired) electrons. The number of phenols is 1. The molecule has 1 unspecified atom stereocenters. The third kappa shape index (κ3) is 6.39. The molecule has 0 aliphatic rings. The summed E-state index contributed by atoms with van der Waals surface area (Å²) in [7, 11) is 0. The van der Waals surface area contributed by atoms with Crippen molar-refractivity contribution in [1.82, 2.24) is 5.32 Å². The fourth-order valence-corrected chi connectivity index (χ4v) is 1.79. The van der Waals surface area contributed by atoms with E-state index in [1.165, 1.54) is 0 Å². The molecule has 0 aliphatic heterocycles. The van der Waals surface area contributed by atoms with Crippen LogP contribution in [0.2, 0.25) is 0 Å². The van der Waals surface area contributed by atoms with E-state index in [1.54, 1.807) is 12.1 Å². The normalized spacial score (nSPS) is 11.7. The Morgan fingerprint density at radius 3 is 2.16 bits per heavy atom. The number of nitrogens with one attached hydrogen (secondary N) is 1. The van der Waals surface area contributed by atoms with Crippen molar-refractivity contribution >= 4 is 5.78 Å². The Morgan fingerprint density at radius 2 is 1.74 bits per heavy atom. The molecule has 1 atom stereocenters. The van der Waals surface area contributed by atoms with E-state index in [2.05, 4.69) is 5.32 Å². The highest BCUT2D eigenvalue weighted by Gasteiger charge is 2.20. The van der Waals surface area contributed by atoms with Gasteiger partial charge in [-0.1, -0.05) is 46.8 Å². The lowest BCUT2D eigenvalue weighted by Crippen LogP contribution is -2.40. The summed E-state index contributed by atoms with van der Waals surface area (Å²) < 4.78 is 0. The van der Waals surface area contributed by atoms with Gasteiger partial charge in [0.25, 0.3) is 0 Å². The van der Waals surface area contributed by atoms with Crippen molar-refractivity contribution in [1.29, 1.82) is 0 Å². The van der Waals surface area contributed by atoms with Crippen molar-refractivity contribution in [2.45, 2.75) is 47.1 Å². The smallest absolute Gasteiger partial charge is 0.152 e. The Morgan fingerprint density at radius 1 is 1.21 bits per heavy atom. The summed E-state index contributed by atoms with van der Waals surface area (Å²) in [5, 5.41) is 12.4. The Balaban J connectivity index is 0.00000154. The molecule has 0 aliphatic carbocycles. The number of ketones is 1. The van der Waals surface area contributed by atoms with Gasteiger partial charge in [0.15, 0.2) is 5.78 Å². The molecule has 0 fully saturated rings. The van der Waals surface area contributed by atoms with Gasteiger partial charge in [-0.25, -0.2) is 0 Å². The second kappa shape index (κ2) is 9.56. The van der Waals surface area contributed by atoms with Crippen LogP contribution in [0.4, 0.5) is 0 Å². The lowest BCUT2D eigenvalue weighted by molar-refractivity contribution is -0.123. The van der Waals surface area contributed by atoms with Gasteiger partial charge >= 0.3 is 0 Å². The predicted octanol–water partition coefficient (Wildman–Crippen LogP) is 3.16. The lowest BCUT2D eigenvalue weighted by Gasteiger charge is -2.18. The first kappa shape index (κ1) is 17.6. The maximum Gasteiger partial charge on any atom is 0.152 e. The van der Waals surface area contributed by atoms with Gasteiger partial charge in [0, 0.05) is 5.92 Å². The standard InChI is InChI=1S/C14H21NO2.C2H6/c1-4-15-13(14(17)10(2)3)9-11-5-7-12(16)8-6-11;1-2/h5-8,10,13,15-16H,4,9H2,1-3H3;1-2H3. The number of phenolic OH excluding ortho intramolecular Hbond substituents is 1. The van der Waals surface area contributed by atoms with Crippen LogP contribution in [0.25, 0.3) is 0 Å². The number of aromatic hydroxyl groups is 1. The highest BCUT2D eigenvalue weighted by molar-refractivity contribution is 5.86. The first-order valence-electron chi connectivity index (χ1n) is 7.09. The maximum absolute atomic E-state index is 12.0. The van der Waals surface area contributed by atoms with Gasteiger partial charge < -0.3 is 10.4 Å². The van der Waals surface area contributed by atoms with Crippen LogP contribution in [0.1, 0.15) is 40.2 Å². The number of carbonyl (C=O) groups excluding carboxylic acids is 1. The number of rotatable bonds is 6. The van der Waals surface area contributed by atoms with E-state index in [-0.39, 0.29) is 23.5 Å². The van der Waals surface area contributed by atoms with E-state index < -0.39 is 0 Å². The van der Waals surface area contributed by atoms with Crippen molar-refractivity contribution in [2.75, 3.05) is 6.54 Å². The van der Waals surface area contributed by atoms with Crippen LogP contribution in [0.5, 0.6) is 5.75 Å². The molecular formula is C16H27NO2. The Labute approximate surface area is 117 Å². The van der Waals surface area contributed by atoms with E-state index in [0.29, 0.717) is 6.42 Å². The SMILES string of the molecule is CC.CCNC(Cc1ccc(O)cc1)C(=O)C(C)C. The molecular weight excluding hydrogens is 238 g/mol. The average Bonchev–Trinajstić information content (AvgIpc) is 2.42. The van der Waals surface area contributed by atoms with Crippen LogP contribution in [-0.4, -0.2) is 23.5 Å². The summed E-state index contributed by atoms with van der Waals surface area (Å²) in [6.07, 6.45) is 0.672. The lowest BCUT2D eigenvalue weighted by atomic mass is 9.96. The molecule has 0 spiro atoms. The van der Waals surface area contributed by atoms with Crippen molar-refractivity contribution < 1.29 is 9.90 Å². The third-order valence-electron chi connectivity index (χ3n) is 2.74. The molecule has 3 nitrogen and oxygen atoms in total. The molecule has 0 aromatic heterocycles. The van der Waals surface area contributed by atoms with Gasteiger partial charge in [-0.2, -0.15) is 0 Å². The summed E-state index contributed by atoms with van der Waals surface area (Å²) >= 11 is 0. The minimum Gasteiger partial charge on any atom is -0.508 e. The van der Waals surface area contributed by atoms with Crippen LogP contribution in [-0.2, 0) is 11.2 Å². The second-order valence-electron chi connectivity index (χ2n) is 4.54. The van der Waals surface area contributed by atoms with Crippen molar-refractivity contribution in [3.8, 4) is 5.75 Å². The largest absolute Gasteiger partial charge is 0.508 e. The molecule has 0 saturated heterocycles. The molecule has 1 aromatic carbocycles. The summed E-state index contributed by atoms with van der Waals surface area (Å²) in [5.74, 6) is 0.528. The number of benzene rings is 1. The van der Waals surface area contributed by atoms with Gasteiger partial charge in [0.2, 0.25) is 0 Å². The summed E-state index contributed by atoms with van der Waals surface area (Å²) in [6, 6.07) is 6.88. The van der Waals surface area contributed by atoms with Crippen molar-refractivity contribution in [2.24, 2.45) is 5.92 Å². The Bertz CT molecular complexity index is 358. The van der Waals surface area contributed by atoms with Crippen LogP contribution in [0, 0.1) is 5.92 Å². The van der Waals surface area contributed by atoms with Gasteiger partial charge in [-0.15, -0.1) is 0 Å². The van der Waals surface area contributed by atoms with E-state index >= 15 is 0 Å². The number of hydrogen-bond donors (Lipinski definition) is 2. The van der Waals surface area contributed by atoms with E-state index in [0.717, 1.165) is 12.1 Å². The highest BCUT2D eigenvalue weighted by atomic mass is 16.3. The maximum atomic E-state index is 12.0. The number of Topliss-reactive ketones (excluding diaryl/α,β-unsaturated/α-hetero) is 1. The minimum atomic E-state index is -0.135. The molecule has 1 aromatic rings.